The van der Waals surface area contributed by atoms with Crippen LogP contribution in [0.15, 0.2) is 23.3 Å². The highest BCUT2D eigenvalue weighted by Crippen LogP contribution is 2.50. The maximum atomic E-state index is 4.63. The second-order valence-corrected chi connectivity index (χ2v) is 8.44. The van der Waals surface area contributed by atoms with E-state index >= 15 is 0 Å². The largest absolute Gasteiger partial charge is 0.340 e. The Morgan fingerprint density at radius 2 is 2.15 bits per heavy atom. The maximum absolute atomic E-state index is 4.63. The number of fused-ring (bicyclic) bond motifs is 1. The van der Waals surface area contributed by atoms with Crippen LogP contribution in [0.5, 0.6) is 0 Å². The molecule has 0 amide bonds. The van der Waals surface area contributed by atoms with Gasteiger partial charge in [0.2, 0.25) is 0 Å². The Bertz CT molecular complexity index is 590. The average Bonchev–Trinajstić information content (AvgIpc) is 3.09. The Balaban J connectivity index is 1.53. The molecule has 5 heteroatoms. The van der Waals surface area contributed by atoms with E-state index in [1.807, 2.05) is 29.7 Å². The third-order valence-electron chi connectivity index (χ3n) is 4.32. The van der Waals surface area contributed by atoms with Crippen LogP contribution in [0.4, 0.5) is 0 Å². The number of rotatable bonds is 2. The average molecular weight is 305 g/mol. The lowest BCUT2D eigenvalue weighted by Gasteiger charge is -2.16. The molecule has 3 unspecified atom stereocenters. The van der Waals surface area contributed by atoms with E-state index < -0.39 is 0 Å². The van der Waals surface area contributed by atoms with Crippen molar-refractivity contribution in [2.24, 2.45) is 0 Å². The second kappa shape index (κ2) is 4.97. The standard InChI is InChI=1S/C15H19N3S2/c1-9-6-13-14(19-9)7-12(20-13)10-8-16-15(17-10)11-4-3-5-18(11)2/h6-8,11,13-14H,3-5H2,1-2H3,(H,16,17). The van der Waals surface area contributed by atoms with Crippen LogP contribution >= 0.6 is 23.5 Å². The zero-order valence-corrected chi connectivity index (χ0v) is 13.4. The first-order valence-corrected chi connectivity index (χ1v) is 8.96. The molecule has 1 aromatic heterocycles. The van der Waals surface area contributed by atoms with E-state index in [1.54, 1.807) is 0 Å². The number of aromatic nitrogens is 2. The lowest BCUT2D eigenvalue weighted by Crippen LogP contribution is -2.18. The third-order valence-corrected chi connectivity index (χ3v) is 7.01. The van der Waals surface area contributed by atoms with Crippen molar-refractivity contribution in [3.63, 3.8) is 0 Å². The molecule has 0 spiro atoms. The van der Waals surface area contributed by atoms with Crippen LogP contribution in [0.25, 0.3) is 4.91 Å². The number of imidazole rings is 1. The minimum absolute atomic E-state index is 0.478. The molecule has 1 aromatic rings. The summed E-state index contributed by atoms with van der Waals surface area (Å²) in [6, 6.07) is 0.478. The molecular weight excluding hydrogens is 286 g/mol. The Morgan fingerprint density at radius 3 is 2.90 bits per heavy atom. The summed E-state index contributed by atoms with van der Waals surface area (Å²) < 4.78 is 0. The van der Waals surface area contributed by atoms with E-state index in [1.165, 1.54) is 34.9 Å². The summed E-state index contributed by atoms with van der Waals surface area (Å²) in [5, 5.41) is 1.24. The normalized spacial score (nSPS) is 33.4. The van der Waals surface area contributed by atoms with Gasteiger partial charge >= 0.3 is 0 Å². The highest BCUT2D eigenvalue weighted by atomic mass is 32.2. The van der Waals surface area contributed by atoms with Crippen molar-refractivity contribution in [1.82, 2.24) is 14.9 Å². The number of nitrogens with one attached hydrogen (secondary N) is 1. The van der Waals surface area contributed by atoms with E-state index in [-0.39, 0.29) is 0 Å². The molecule has 3 atom stereocenters. The summed E-state index contributed by atoms with van der Waals surface area (Å²) in [7, 11) is 2.19. The quantitative estimate of drug-likeness (QED) is 0.904. The van der Waals surface area contributed by atoms with Crippen molar-refractivity contribution in [3.8, 4) is 0 Å². The predicted molar refractivity (Wildman–Crippen MR) is 87.7 cm³/mol. The van der Waals surface area contributed by atoms with E-state index in [0.717, 1.165) is 5.82 Å². The molecule has 1 saturated heterocycles. The summed E-state index contributed by atoms with van der Waals surface area (Å²) in [4.78, 5) is 13.4. The molecule has 1 fully saturated rings. The Hall–Kier alpha value is -0.650. The number of hydrogen-bond donors (Lipinski definition) is 1. The van der Waals surface area contributed by atoms with Crippen molar-refractivity contribution in [1.29, 1.82) is 0 Å². The van der Waals surface area contributed by atoms with E-state index in [4.69, 9.17) is 0 Å². The molecule has 0 aromatic carbocycles. The molecule has 4 rings (SSSR count). The van der Waals surface area contributed by atoms with Gasteiger partial charge in [0.1, 0.15) is 5.82 Å². The van der Waals surface area contributed by atoms with Crippen molar-refractivity contribution in [3.05, 3.63) is 34.8 Å². The Kier molecular flexibility index (Phi) is 3.24. The van der Waals surface area contributed by atoms with Crippen LogP contribution in [-0.2, 0) is 0 Å². The number of H-pyrrole nitrogens is 1. The van der Waals surface area contributed by atoms with Crippen molar-refractivity contribution in [2.45, 2.75) is 36.3 Å². The van der Waals surface area contributed by atoms with Crippen LogP contribution in [0, 0.1) is 0 Å². The molecular formula is C15H19N3S2. The molecule has 1 N–H and O–H groups in total. The number of thioether (sulfide) groups is 2. The van der Waals surface area contributed by atoms with Gasteiger partial charge in [-0.2, -0.15) is 0 Å². The van der Waals surface area contributed by atoms with Crippen LogP contribution in [0.2, 0.25) is 0 Å². The fourth-order valence-electron chi connectivity index (χ4n) is 3.25. The summed E-state index contributed by atoms with van der Waals surface area (Å²) in [5.74, 6) is 1.14. The Labute approximate surface area is 128 Å². The van der Waals surface area contributed by atoms with Gasteiger partial charge in [-0.15, -0.1) is 23.5 Å². The summed E-state index contributed by atoms with van der Waals surface area (Å²) in [6.07, 6.45) is 9.31. The number of nitrogens with zero attached hydrogens (tertiary/aromatic N) is 2. The topological polar surface area (TPSA) is 31.9 Å². The fourth-order valence-corrected chi connectivity index (χ4v) is 6.06. The van der Waals surface area contributed by atoms with Gasteiger partial charge in [0.05, 0.1) is 17.9 Å². The van der Waals surface area contributed by atoms with Gasteiger partial charge < -0.3 is 4.98 Å². The zero-order chi connectivity index (χ0) is 13.7. The van der Waals surface area contributed by atoms with Gasteiger partial charge in [-0.25, -0.2) is 4.98 Å². The minimum atomic E-state index is 0.478. The molecule has 0 radical (unpaired) electrons. The summed E-state index contributed by atoms with van der Waals surface area (Å²) in [5.41, 5.74) is 1.20. The Morgan fingerprint density at radius 1 is 1.30 bits per heavy atom. The number of likely N-dealkylation sites (tertiary alicyclic amines) is 1. The molecule has 3 aliphatic rings. The van der Waals surface area contributed by atoms with Crippen molar-refractivity contribution < 1.29 is 0 Å². The molecule has 0 saturated carbocycles. The smallest absolute Gasteiger partial charge is 0.123 e. The van der Waals surface area contributed by atoms with Gasteiger partial charge in [-0.3, -0.25) is 4.90 Å². The zero-order valence-electron chi connectivity index (χ0n) is 11.8. The monoisotopic (exact) mass is 305 g/mol. The SMILES string of the molecule is CC1=CC2SC(c3cnc(C4CCCN4C)[nH]3)=CC2S1. The van der Waals surface area contributed by atoms with Crippen molar-refractivity contribution in [2.75, 3.05) is 13.6 Å². The first kappa shape index (κ1) is 13.0. The van der Waals surface area contributed by atoms with E-state index in [0.29, 0.717) is 16.5 Å². The molecule has 106 valence electrons. The second-order valence-electron chi connectivity index (χ2n) is 5.79. The van der Waals surface area contributed by atoms with Gasteiger partial charge in [-0.05, 0) is 38.3 Å². The summed E-state index contributed by atoms with van der Waals surface area (Å²) in [6.45, 7) is 3.39. The van der Waals surface area contributed by atoms with E-state index in [2.05, 4.69) is 41.0 Å². The molecule has 0 aliphatic carbocycles. The van der Waals surface area contributed by atoms with Crippen LogP contribution in [0.1, 0.15) is 37.3 Å². The molecule has 4 heterocycles. The lowest BCUT2D eigenvalue weighted by atomic mass is 10.2. The minimum Gasteiger partial charge on any atom is -0.340 e. The predicted octanol–water partition coefficient (Wildman–Crippen LogP) is 3.65. The van der Waals surface area contributed by atoms with Crippen molar-refractivity contribution >= 4 is 28.4 Å². The molecule has 3 aliphatic heterocycles. The first-order chi connectivity index (χ1) is 9.70. The highest BCUT2D eigenvalue weighted by Gasteiger charge is 2.33. The van der Waals surface area contributed by atoms with E-state index in [9.17, 15) is 0 Å². The molecule has 3 nitrogen and oxygen atoms in total. The van der Waals surface area contributed by atoms with Gasteiger partial charge in [0.15, 0.2) is 0 Å². The lowest BCUT2D eigenvalue weighted by molar-refractivity contribution is 0.307. The van der Waals surface area contributed by atoms with Gasteiger partial charge in [0, 0.05) is 15.4 Å². The van der Waals surface area contributed by atoms with Crippen LogP contribution < -0.4 is 0 Å². The fraction of sp³-hybridized carbons (Fsp3) is 0.533. The molecule has 0 bridgehead atoms. The van der Waals surface area contributed by atoms with Crippen LogP contribution in [-0.4, -0.2) is 39.0 Å². The first-order valence-electron chi connectivity index (χ1n) is 7.20. The molecule has 20 heavy (non-hydrogen) atoms. The van der Waals surface area contributed by atoms with Crippen LogP contribution in [0.3, 0.4) is 0 Å². The van der Waals surface area contributed by atoms with Gasteiger partial charge in [0.25, 0.3) is 0 Å². The number of aromatic amines is 1. The third kappa shape index (κ3) is 2.16. The van der Waals surface area contributed by atoms with Gasteiger partial charge in [-0.1, -0.05) is 12.2 Å². The highest BCUT2D eigenvalue weighted by molar-refractivity contribution is 8.12. The number of hydrogen-bond acceptors (Lipinski definition) is 4. The summed E-state index contributed by atoms with van der Waals surface area (Å²) >= 11 is 3.96. The number of allylic oxidation sites excluding steroid dienone is 1. The maximum Gasteiger partial charge on any atom is 0.123 e.